The molecular weight excluding hydrogens is 312 g/mol. The summed E-state index contributed by atoms with van der Waals surface area (Å²) in [6.45, 7) is 4.72. The van der Waals surface area contributed by atoms with Gasteiger partial charge in [-0.05, 0) is 36.8 Å². The Morgan fingerprint density at radius 2 is 1.84 bits per heavy atom. The molecule has 1 aromatic rings. The van der Waals surface area contributed by atoms with Crippen LogP contribution in [-0.4, -0.2) is 54.6 Å². The Hall–Kier alpha value is -1.65. The maximum Gasteiger partial charge on any atom is 0.248 e. The zero-order valence-corrected chi connectivity index (χ0v) is 15.0. The van der Waals surface area contributed by atoms with Gasteiger partial charge >= 0.3 is 0 Å². The molecule has 4 rings (SSSR count). The van der Waals surface area contributed by atoms with Crippen LogP contribution in [0.25, 0.3) is 6.08 Å². The highest BCUT2D eigenvalue weighted by molar-refractivity contribution is 5.78. The number of carbonyl (C=O) groups is 1. The second kappa shape index (κ2) is 7.71. The van der Waals surface area contributed by atoms with Gasteiger partial charge in [0.05, 0.1) is 6.61 Å². The van der Waals surface area contributed by atoms with E-state index in [0.717, 1.165) is 6.04 Å². The first-order chi connectivity index (χ1) is 12.3. The SMILES string of the molecule is O=C1COCCN1Cc1ccc(C=C2CCN(C3CCC3)CC2)cc1. The summed E-state index contributed by atoms with van der Waals surface area (Å²) in [6.07, 6.45) is 9.02. The van der Waals surface area contributed by atoms with Crippen molar-refractivity contribution in [3.05, 3.63) is 41.0 Å². The van der Waals surface area contributed by atoms with Crippen molar-refractivity contribution in [2.24, 2.45) is 0 Å². The lowest BCUT2D eigenvalue weighted by Crippen LogP contribution is -2.43. The van der Waals surface area contributed by atoms with E-state index < -0.39 is 0 Å². The Kier molecular flexibility index (Phi) is 5.18. The molecule has 25 heavy (non-hydrogen) atoms. The first-order valence-electron chi connectivity index (χ1n) is 9.66. The summed E-state index contributed by atoms with van der Waals surface area (Å²) in [6, 6.07) is 9.55. The van der Waals surface area contributed by atoms with Crippen LogP contribution in [0.4, 0.5) is 0 Å². The zero-order valence-electron chi connectivity index (χ0n) is 15.0. The number of likely N-dealkylation sites (tertiary alicyclic amines) is 1. The van der Waals surface area contributed by atoms with Gasteiger partial charge in [-0.3, -0.25) is 9.69 Å². The molecule has 0 radical (unpaired) electrons. The lowest BCUT2D eigenvalue weighted by atomic mass is 9.89. The summed E-state index contributed by atoms with van der Waals surface area (Å²) in [4.78, 5) is 16.4. The Balaban J connectivity index is 1.32. The molecule has 2 saturated heterocycles. The normalized spacial score (nSPS) is 22.8. The topological polar surface area (TPSA) is 32.8 Å². The van der Waals surface area contributed by atoms with E-state index in [2.05, 4.69) is 35.2 Å². The summed E-state index contributed by atoms with van der Waals surface area (Å²) in [5.41, 5.74) is 4.05. The van der Waals surface area contributed by atoms with E-state index in [1.54, 1.807) is 5.57 Å². The molecule has 1 saturated carbocycles. The molecule has 1 aromatic carbocycles. The standard InChI is InChI=1S/C21H28N2O2/c24-21-16-25-13-12-23(21)15-19-6-4-17(5-7-19)14-18-8-10-22(11-9-18)20-2-1-3-20/h4-7,14,20H,1-3,8-13,15-16H2. The first-order valence-corrected chi connectivity index (χ1v) is 9.66. The van der Waals surface area contributed by atoms with Crippen LogP contribution >= 0.6 is 0 Å². The van der Waals surface area contributed by atoms with Crippen LogP contribution in [0.3, 0.4) is 0 Å². The third-order valence-electron chi connectivity index (χ3n) is 5.84. The van der Waals surface area contributed by atoms with Crippen molar-refractivity contribution in [2.45, 2.75) is 44.7 Å². The summed E-state index contributed by atoms with van der Waals surface area (Å²) < 4.78 is 5.18. The second-order valence-corrected chi connectivity index (χ2v) is 7.53. The minimum absolute atomic E-state index is 0.0932. The maximum atomic E-state index is 11.8. The number of nitrogens with zero attached hydrogens (tertiary/aromatic N) is 2. The van der Waals surface area contributed by atoms with Crippen molar-refractivity contribution in [1.82, 2.24) is 9.80 Å². The maximum absolute atomic E-state index is 11.8. The van der Waals surface area contributed by atoms with Crippen LogP contribution < -0.4 is 0 Å². The summed E-state index contributed by atoms with van der Waals surface area (Å²) in [5.74, 6) is 0.0932. The molecule has 3 aliphatic rings. The number of carbonyl (C=O) groups excluding carboxylic acids is 1. The molecule has 3 fully saturated rings. The van der Waals surface area contributed by atoms with E-state index in [1.165, 1.54) is 56.3 Å². The predicted octanol–water partition coefficient (Wildman–Crippen LogP) is 3.08. The monoisotopic (exact) mass is 340 g/mol. The average molecular weight is 340 g/mol. The molecule has 0 aromatic heterocycles. The smallest absolute Gasteiger partial charge is 0.248 e. The number of benzene rings is 1. The summed E-state index contributed by atoms with van der Waals surface area (Å²) >= 11 is 0. The van der Waals surface area contributed by atoms with Gasteiger partial charge < -0.3 is 9.64 Å². The zero-order chi connectivity index (χ0) is 17.1. The molecule has 0 bridgehead atoms. The van der Waals surface area contributed by atoms with Gasteiger partial charge in [-0.2, -0.15) is 0 Å². The fourth-order valence-electron chi connectivity index (χ4n) is 3.97. The summed E-state index contributed by atoms with van der Waals surface area (Å²) in [5, 5.41) is 0. The summed E-state index contributed by atoms with van der Waals surface area (Å²) in [7, 11) is 0. The number of hydrogen-bond donors (Lipinski definition) is 0. The predicted molar refractivity (Wildman–Crippen MR) is 99.1 cm³/mol. The number of ether oxygens (including phenoxy) is 1. The van der Waals surface area contributed by atoms with Gasteiger partial charge in [-0.25, -0.2) is 0 Å². The van der Waals surface area contributed by atoms with Gasteiger partial charge in [0.25, 0.3) is 0 Å². The van der Waals surface area contributed by atoms with E-state index >= 15 is 0 Å². The molecule has 2 aliphatic heterocycles. The average Bonchev–Trinajstić information content (AvgIpc) is 2.59. The molecule has 0 unspecified atom stereocenters. The Bertz CT molecular complexity index is 624. The molecule has 134 valence electrons. The van der Waals surface area contributed by atoms with Crippen molar-refractivity contribution in [3.63, 3.8) is 0 Å². The molecular formula is C21H28N2O2. The van der Waals surface area contributed by atoms with Crippen molar-refractivity contribution < 1.29 is 9.53 Å². The molecule has 0 atom stereocenters. The number of piperidine rings is 1. The Morgan fingerprint density at radius 3 is 2.48 bits per heavy atom. The van der Waals surface area contributed by atoms with E-state index in [0.29, 0.717) is 19.7 Å². The fourth-order valence-corrected chi connectivity index (χ4v) is 3.97. The number of hydrogen-bond acceptors (Lipinski definition) is 3. The van der Waals surface area contributed by atoms with Crippen LogP contribution in [0.1, 0.15) is 43.2 Å². The van der Waals surface area contributed by atoms with Gasteiger partial charge in [0.2, 0.25) is 5.91 Å². The van der Waals surface area contributed by atoms with Crippen molar-refractivity contribution >= 4 is 12.0 Å². The van der Waals surface area contributed by atoms with Gasteiger partial charge in [-0.1, -0.05) is 42.3 Å². The minimum atomic E-state index is 0.0932. The quantitative estimate of drug-likeness (QED) is 0.844. The van der Waals surface area contributed by atoms with Crippen LogP contribution in [0, 0.1) is 0 Å². The minimum Gasteiger partial charge on any atom is -0.370 e. The first kappa shape index (κ1) is 16.8. The van der Waals surface area contributed by atoms with E-state index in [1.807, 2.05) is 4.90 Å². The van der Waals surface area contributed by atoms with Crippen LogP contribution in [0.15, 0.2) is 29.8 Å². The number of amides is 1. The third kappa shape index (κ3) is 4.13. The molecule has 2 heterocycles. The van der Waals surface area contributed by atoms with Gasteiger partial charge in [0, 0.05) is 32.2 Å². The van der Waals surface area contributed by atoms with E-state index in [-0.39, 0.29) is 12.5 Å². The van der Waals surface area contributed by atoms with Gasteiger partial charge in [0.1, 0.15) is 6.61 Å². The van der Waals surface area contributed by atoms with Gasteiger partial charge in [0.15, 0.2) is 0 Å². The Labute approximate surface area is 150 Å². The largest absolute Gasteiger partial charge is 0.370 e. The molecule has 0 spiro atoms. The van der Waals surface area contributed by atoms with Crippen molar-refractivity contribution in [3.8, 4) is 0 Å². The molecule has 1 aliphatic carbocycles. The highest BCUT2D eigenvalue weighted by Crippen LogP contribution is 2.29. The van der Waals surface area contributed by atoms with E-state index in [9.17, 15) is 4.79 Å². The highest BCUT2D eigenvalue weighted by atomic mass is 16.5. The molecule has 1 amide bonds. The van der Waals surface area contributed by atoms with Gasteiger partial charge in [-0.15, -0.1) is 0 Å². The second-order valence-electron chi connectivity index (χ2n) is 7.53. The molecule has 0 N–H and O–H groups in total. The van der Waals surface area contributed by atoms with Crippen LogP contribution in [-0.2, 0) is 16.1 Å². The van der Waals surface area contributed by atoms with Crippen molar-refractivity contribution in [2.75, 3.05) is 32.8 Å². The van der Waals surface area contributed by atoms with E-state index in [4.69, 9.17) is 4.74 Å². The fraction of sp³-hybridized carbons (Fsp3) is 0.571. The van der Waals surface area contributed by atoms with Crippen molar-refractivity contribution in [1.29, 1.82) is 0 Å². The lowest BCUT2D eigenvalue weighted by Gasteiger charge is -2.40. The van der Waals surface area contributed by atoms with Crippen LogP contribution in [0.2, 0.25) is 0 Å². The molecule has 4 heteroatoms. The highest BCUT2D eigenvalue weighted by Gasteiger charge is 2.26. The van der Waals surface area contributed by atoms with Crippen LogP contribution in [0.5, 0.6) is 0 Å². The third-order valence-corrected chi connectivity index (χ3v) is 5.84. The number of morpholine rings is 1. The molecule has 4 nitrogen and oxygen atoms in total. The Morgan fingerprint density at radius 1 is 1.08 bits per heavy atom. The number of rotatable bonds is 4. The lowest BCUT2D eigenvalue weighted by molar-refractivity contribution is -0.143.